The quantitative estimate of drug-likeness (QED) is 0.907. The number of amides is 1. The van der Waals surface area contributed by atoms with Gasteiger partial charge in [0, 0.05) is 5.69 Å². The monoisotopic (exact) mass is 334 g/mol. The minimum Gasteiger partial charge on any atom is -0.479 e. The van der Waals surface area contributed by atoms with Crippen LogP contribution in [0.1, 0.15) is 12.5 Å². The second-order valence-electron chi connectivity index (χ2n) is 4.49. The zero-order valence-corrected chi connectivity index (χ0v) is 13.2. The number of hydrogen-bond donors (Lipinski definition) is 1. The van der Waals surface area contributed by atoms with Gasteiger partial charge in [0.05, 0.1) is 16.7 Å². The maximum atomic E-state index is 12.1. The first-order chi connectivity index (χ1) is 10.5. The molecule has 2 rings (SSSR count). The van der Waals surface area contributed by atoms with Gasteiger partial charge in [0.25, 0.3) is 5.91 Å². The minimum absolute atomic E-state index is 0.260. The average Bonchev–Trinajstić information content (AvgIpc) is 2.52. The number of anilines is 1. The SMILES string of the molecule is C[C@H](Oc1cccc(Cl)c1Cl)C(=O)Nc1cccc(C#N)c1. The lowest BCUT2D eigenvalue weighted by atomic mass is 10.2. The zero-order valence-electron chi connectivity index (χ0n) is 11.6. The van der Waals surface area contributed by atoms with Crippen LogP contribution in [0.25, 0.3) is 0 Å². The molecule has 1 amide bonds. The van der Waals surface area contributed by atoms with Gasteiger partial charge in [-0.3, -0.25) is 4.79 Å². The molecule has 4 nitrogen and oxygen atoms in total. The molecule has 1 atom stereocenters. The van der Waals surface area contributed by atoms with E-state index < -0.39 is 6.10 Å². The Morgan fingerprint density at radius 1 is 1.27 bits per heavy atom. The Hall–Kier alpha value is -2.22. The first-order valence-corrected chi connectivity index (χ1v) is 7.18. The second-order valence-corrected chi connectivity index (χ2v) is 5.28. The number of ether oxygens (including phenoxy) is 1. The van der Waals surface area contributed by atoms with Crippen molar-refractivity contribution in [1.82, 2.24) is 0 Å². The molecule has 0 aliphatic carbocycles. The average molecular weight is 335 g/mol. The molecular formula is C16H12Cl2N2O2. The predicted molar refractivity (Wildman–Crippen MR) is 86.3 cm³/mol. The van der Waals surface area contributed by atoms with Crippen molar-refractivity contribution in [2.24, 2.45) is 0 Å². The topological polar surface area (TPSA) is 62.1 Å². The highest BCUT2D eigenvalue weighted by molar-refractivity contribution is 6.42. The van der Waals surface area contributed by atoms with Crippen LogP contribution in [0.4, 0.5) is 5.69 Å². The summed E-state index contributed by atoms with van der Waals surface area (Å²) in [6.45, 7) is 1.60. The van der Waals surface area contributed by atoms with Crippen molar-refractivity contribution in [1.29, 1.82) is 5.26 Å². The minimum atomic E-state index is -0.776. The van der Waals surface area contributed by atoms with Gasteiger partial charge in [0.15, 0.2) is 6.10 Å². The van der Waals surface area contributed by atoms with Gasteiger partial charge in [-0.15, -0.1) is 0 Å². The highest BCUT2D eigenvalue weighted by atomic mass is 35.5. The Kier molecular flexibility index (Phi) is 5.26. The predicted octanol–water partition coefficient (Wildman–Crippen LogP) is 4.27. The molecule has 0 fully saturated rings. The van der Waals surface area contributed by atoms with E-state index in [-0.39, 0.29) is 10.9 Å². The van der Waals surface area contributed by atoms with Crippen LogP contribution < -0.4 is 10.1 Å². The standard InChI is InChI=1S/C16H12Cl2N2O2/c1-10(22-14-7-3-6-13(17)15(14)18)16(21)20-12-5-2-4-11(8-12)9-19/h2-8,10H,1H3,(H,20,21)/t10-/m0/s1. The number of nitrogens with one attached hydrogen (secondary N) is 1. The lowest BCUT2D eigenvalue weighted by molar-refractivity contribution is -0.122. The third-order valence-electron chi connectivity index (χ3n) is 2.85. The summed E-state index contributed by atoms with van der Waals surface area (Å²) < 4.78 is 5.52. The number of rotatable bonds is 4. The molecule has 0 aliphatic heterocycles. The molecule has 0 radical (unpaired) electrons. The van der Waals surface area contributed by atoms with E-state index in [1.54, 1.807) is 49.4 Å². The maximum absolute atomic E-state index is 12.1. The molecule has 22 heavy (non-hydrogen) atoms. The van der Waals surface area contributed by atoms with Crippen molar-refractivity contribution in [2.75, 3.05) is 5.32 Å². The van der Waals surface area contributed by atoms with E-state index in [9.17, 15) is 4.79 Å². The van der Waals surface area contributed by atoms with Crippen LogP contribution in [0.2, 0.25) is 10.0 Å². The van der Waals surface area contributed by atoms with Crippen LogP contribution in [0, 0.1) is 11.3 Å². The molecule has 2 aromatic carbocycles. The van der Waals surface area contributed by atoms with Gasteiger partial charge in [-0.2, -0.15) is 5.26 Å². The van der Waals surface area contributed by atoms with E-state index in [4.69, 9.17) is 33.2 Å². The fraction of sp³-hybridized carbons (Fsp3) is 0.125. The summed E-state index contributed by atoms with van der Waals surface area (Å²) in [5.41, 5.74) is 0.987. The second kappa shape index (κ2) is 7.17. The number of hydrogen-bond acceptors (Lipinski definition) is 3. The van der Waals surface area contributed by atoms with Crippen molar-refractivity contribution < 1.29 is 9.53 Å². The van der Waals surface area contributed by atoms with E-state index in [1.807, 2.05) is 6.07 Å². The highest BCUT2D eigenvalue weighted by Gasteiger charge is 2.17. The molecule has 112 valence electrons. The van der Waals surface area contributed by atoms with Gasteiger partial charge in [0.1, 0.15) is 10.8 Å². The molecule has 0 bridgehead atoms. The summed E-state index contributed by atoms with van der Waals surface area (Å²) >= 11 is 11.9. The van der Waals surface area contributed by atoms with Crippen molar-refractivity contribution >= 4 is 34.8 Å². The molecule has 0 aliphatic rings. The molecule has 1 N–H and O–H groups in total. The molecule has 0 spiro atoms. The molecule has 0 aromatic heterocycles. The largest absolute Gasteiger partial charge is 0.479 e. The molecule has 0 heterocycles. The van der Waals surface area contributed by atoms with Crippen molar-refractivity contribution in [2.45, 2.75) is 13.0 Å². The van der Waals surface area contributed by atoms with Crippen LogP contribution in [-0.4, -0.2) is 12.0 Å². The molecule has 6 heteroatoms. The Labute approximate surface area is 138 Å². The third-order valence-corrected chi connectivity index (χ3v) is 3.65. The van der Waals surface area contributed by atoms with Crippen LogP contribution in [-0.2, 0) is 4.79 Å². The van der Waals surface area contributed by atoms with Crippen LogP contribution in [0.3, 0.4) is 0 Å². The Morgan fingerprint density at radius 3 is 2.73 bits per heavy atom. The summed E-state index contributed by atoms with van der Waals surface area (Å²) in [6, 6.07) is 13.6. The zero-order chi connectivity index (χ0) is 16.1. The molecule has 0 saturated heterocycles. The molecule has 2 aromatic rings. The number of nitrogens with zero attached hydrogens (tertiary/aromatic N) is 1. The van der Waals surface area contributed by atoms with E-state index in [0.29, 0.717) is 22.0 Å². The van der Waals surface area contributed by atoms with Gasteiger partial charge < -0.3 is 10.1 Å². The van der Waals surface area contributed by atoms with E-state index in [2.05, 4.69) is 5.32 Å². The lowest BCUT2D eigenvalue weighted by Crippen LogP contribution is -2.30. The third kappa shape index (κ3) is 3.91. The van der Waals surface area contributed by atoms with E-state index in [0.717, 1.165) is 0 Å². The normalized spacial score (nSPS) is 11.4. The van der Waals surface area contributed by atoms with Crippen LogP contribution in [0.15, 0.2) is 42.5 Å². The Morgan fingerprint density at radius 2 is 2.00 bits per heavy atom. The highest BCUT2D eigenvalue weighted by Crippen LogP contribution is 2.32. The number of halogens is 2. The van der Waals surface area contributed by atoms with Crippen molar-refractivity contribution in [3.63, 3.8) is 0 Å². The van der Waals surface area contributed by atoms with Crippen LogP contribution >= 0.6 is 23.2 Å². The smallest absolute Gasteiger partial charge is 0.265 e. The number of nitriles is 1. The van der Waals surface area contributed by atoms with Gasteiger partial charge >= 0.3 is 0 Å². The number of benzene rings is 2. The van der Waals surface area contributed by atoms with Crippen LogP contribution in [0.5, 0.6) is 5.75 Å². The van der Waals surface area contributed by atoms with Crippen molar-refractivity contribution in [3.05, 3.63) is 58.1 Å². The Balaban J connectivity index is 2.06. The van der Waals surface area contributed by atoms with Gasteiger partial charge in [-0.05, 0) is 37.3 Å². The summed E-state index contributed by atoms with van der Waals surface area (Å²) in [4.78, 5) is 12.1. The fourth-order valence-electron chi connectivity index (χ4n) is 1.73. The van der Waals surface area contributed by atoms with Gasteiger partial charge in [0.2, 0.25) is 0 Å². The summed E-state index contributed by atoms with van der Waals surface area (Å²) in [5, 5.41) is 12.1. The molecule has 0 saturated carbocycles. The lowest BCUT2D eigenvalue weighted by Gasteiger charge is -2.16. The van der Waals surface area contributed by atoms with Gasteiger partial charge in [-0.25, -0.2) is 0 Å². The van der Waals surface area contributed by atoms with Crippen molar-refractivity contribution in [3.8, 4) is 11.8 Å². The number of carbonyl (C=O) groups excluding carboxylic acids is 1. The fourth-order valence-corrected chi connectivity index (χ4v) is 2.07. The first kappa shape index (κ1) is 16.2. The summed E-state index contributed by atoms with van der Waals surface area (Å²) in [7, 11) is 0. The van der Waals surface area contributed by atoms with Gasteiger partial charge in [-0.1, -0.05) is 35.3 Å². The van der Waals surface area contributed by atoms with E-state index in [1.165, 1.54) is 0 Å². The number of carbonyl (C=O) groups is 1. The van der Waals surface area contributed by atoms with E-state index >= 15 is 0 Å². The maximum Gasteiger partial charge on any atom is 0.265 e. The Bertz CT molecular complexity index is 741. The first-order valence-electron chi connectivity index (χ1n) is 6.43. The summed E-state index contributed by atoms with van der Waals surface area (Å²) in [6.07, 6.45) is -0.776. The molecule has 0 unspecified atom stereocenters. The molecular weight excluding hydrogens is 323 g/mol. The summed E-state index contributed by atoms with van der Waals surface area (Å²) in [5.74, 6) is -0.0197.